The predicted molar refractivity (Wildman–Crippen MR) is 49.6 cm³/mol. The first-order chi connectivity index (χ1) is 6.68. The third-order valence-corrected chi connectivity index (χ3v) is 3.21. The number of carboxylic acid groups (broad SMARTS) is 1. The van der Waals surface area contributed by atoms with E-state index in [9.17, 15) is 9.59 Å². The zero-order chi connectivity index (χ0) is 10.1. The zero-order valence-electron chi connectivity index (χ0n) is 8.03. The largest absolute Gasteiger partial charge is 0.481 e. The number of aliphatic carboxylic acids is 1. The summed E-state index contributed by atoms with van der Waals surface area (Å²) in [6, 6.07) is 0. The number of piperidine rings is 1. The Labute approximate surface area is 82.7 Å². The summed E-state index contributed by atoms with van der Waals surface area (Å²) in [5, 5.41) is 11.8. The summed E-state index contributed by atoms with van der Waals surface area (Å²) in [5.74, 6) is -0.585. The first-order valence-electron chi connectivity index (χ1n) is 5.18. The van der Waals surface area contributed by atoms with E-state index in [2.05, 4.69) is 5.32 Å². The lowest BCUT2D eigenvalue weighted by Crippen LogP contribution is -2.39. The van der Waals surface area contributed by atoms with Crippen LogP contribution in [0.1, 0.15) is 25.7 Å². The average molecular weight is 197 g/mol. The number of amides is 1. The highest BCUT2D eigenvalue weighted by Gasteiger charge is 2.42. The molecule has 2 unspecified atom stereocenters. The highest BCUT2D eigenvalue weighted by Crippen LogP contribution is 2.43. The molecule has 1 saturated heterocycles. The Kier molecular flexibility index (Phi) is 2.44. The lowest BCUT2D eigenvalue weighted by Gasteiger charge is -2.27. The smallest absolute Gasteiger partial charge is 0.307 e. The molecule has 1 aliphatic heterocycles. The molecule has 0 aromatic rings. The first kappa shape index (κ1) is 9.49. The van der Waals surface area contributed by atoms with Gasteiger partial charge in [0.1, 0.15) is 0 Å². The number of carbonyl (C=O) groups excluding carboxylic acids is 1. The van der Waals surface area contributed by atoms with Gasteiger partial charge in [-0.05, 0) is 31.1 Å². The Morgan fingerprint density at radius 2 is 2.07 bits per heavy atom. The van der Waals surface area contributed by atoms with Gasteiger partial charge in [0.05, 0.1) is 5.92 Å². The quantitative estimate of drug-likeness (QED) is 0.697. The molecule has 4 nitrogen and oxygen atoms in total. The summed E-state index contributed by atoms with van der Waals surface area (Å²) in [6.45, 7) is 0.639. The van der Waals surface area contributed by atoms with Crippen molar-refractivity contribution in [3.8, 4) is 0 Å². The lowest BCUT2D eigenvalue weighted by atomic mass is 9.81. The summed E-state index contributed by atoms with van der Waals surface area (Å²) in [7, 11) is 0. The lowest BCUT2D eigenvalue weighted by molar-refractivity contribution is -0.145. The van der Waals surface area contributed by atoms with Gasteiger partial charge in [-0.3, -0.25) is 9.59 Å². The van der Waals surface area contributed by atoms with Crippen LogP contribution in [-0.2, 0) is 9.59 Å². The molecular formula is C10H15NO3. The van der Waals surface area contributed by atoms with Crippen LogP contribution in [0.4, 0.5) is 0 Å². The normalized spacial score (nSPS) is 29.4. The maximum Gasteiger partial charge on any atom is 0.307 e. The van der Waals surface area contributed by atoms with Gasteiger partial charge in [-0.25, -0.2) is 0 Å². The number of rotatable bonds is 3. The minimum atomic E-state index is -0.716. The summed E-state index contributed by atoms with van der Waals surface area (Å²) in [5.41, 5.74) is 0. The van der Waals surface area contributed by atoms with Gasteiger partial charge in [-0.1, -0.05) is 0 Å². The molecule has 1 saturated carbocycles. The van der Waals surface area contributed by atoms with Gasteiger partial charge in [-0.2, -0.15) is 0 Å². The molecule has 1 aliphatic carbocycles. The number of carbonyl (C=O) groups is 2. The van der Waals surface area contributed by atoms with Gasteiger partial charge < -0.3 is 10.4 Å². The van der Waals surface area contributed by atoms with Crippen LogP contribution >= 0.6 is 0 Å². The van der Waals surface area contributed by atoms with E-state index < -0.39 is 5.97 Å². The number of hydrogen-bond donors (Lipinski definition) is 2. The Hall–Kier alpha value is -1.06. The van der Waals surface area contributed by atoms with E-state index in [0.29, 0.717) is 18.9 Å². The Balaban J connectivity index is 2.02. The minimum Gasteiger partial charge on any atom is -0.481 e. The zero-order valence-corrected chi connectivity index (χ0v) is 8.03. The molecule has 2 aliphatic rings. The molecule has 14 heavy (non-hydrogen) atoms. The third kappa shape index (κ3) is 1.89. The third-order valence-electron chi connectivity index (χ3n) is 3.21. The fourth-order valence-electron chi connectivity index (χ4n) is 2.36. The molecule has 4 heteroatoms. The number of carboxylic acids is 1. The first-order valence-corrected chi connectivity index (χ1v) is 5.18. The molecule has 0 bridgehead atoms. The molecule has 2 fully saturated rings. The maximum atomic E-state index is 11.1. The van der Waals surface area contributed by atoms with Crippen molar-refractivity contribution >= 4 is 11.9 Å². The van der Waals surface area contributed by atoms with E-state index in [1.807, 2.05) is 0 Å². The molecule has 2 N–H and O–H groups in total. The molecule has 1 amide bonds. The van der Waals surface area contributed by atoms with E-state index in [-0.39, 0.29) is 17.7 Å². The van der Waals surface area contributed by atoms with Crippen LogP contribution in [-0.4, -0.2) is 23.5 Å². The molecule has 1 heterocycles. The summed E-state index contributed by atoms with van der Waals surface area (Å²) in [6.07, 6.45) is 3.26. The molecule has 0 aromatic carbocycles. The number of nitrogens with one attached hydrogen (secondary N) is 1. The standard InChI is InChI=1S/C10H15NO3/c12-8-5-7(3-4-11-8)9(10(13)14)6-1-2-6/h6-7,9H,1-5H2,(H,11,12)(H,13,14). The van der Waals surface area contributed by atoms with Crippen molar-refractivity contribution in [3.63, 3.8) is 0 Å². The topological polar surface area (TPSA) is 66.4 Å². The van der Waals surface area contributed by atoms with Crippen molar-refractivity contribution in [2.75, 3.05) is 6.54 Å². The molecule has 78 valence electrons. The van der Waals surface area contributed by atoms with Crippen molar-refractivity contribution in [1.29, 1.82) is 0 Å². The van der Waals surface area contributed by atoms with Crippen molar-refractivity contribution in [1.82, 2.24) is 5.32 Å². The Bertz CT molecular complexity index is 260. The van der Waals surface area contributed by atoms with Crippen LogP contribution in [0.2, 0.25) is 0 Å². The molecule has 0 aromatic heterocycles. The summed E-state index contributed by atoms with van der Waals surface area (Å²) in [4.78, 5) is 22.2. The van der Waals surface area contributed by atoms with Crippen molar-refractivity contribution in [3.05, 3.63) is 0 Å². The van der Waals surface area contributed by atoms with Crippen LogP contribution in [0.3, 0.4) is 0 Å². The van der Waals surface area contributed by atoms with E-state index in [0.717, 1.165) is 19.3 Å². The van der Waals surface area contributed by atoms with Gasteiger partial charge in [-0.15, -0.1) is 0 Å². The van der Waals surface area contributed by atoms with Crippen molar-refractivity contribution in [2.24, 2.45) is 17.8 Å². The summed E-state index contributed by atoms with van der Waals surface area (Å²) >= 11 is 0. The summed E-state index contributed by atoms with van der Waals surface area (Å²) < 4.78 is 0. The molecule has 0 spiro atoms. The highest BCUT2D eigenvalue weighted by atomic mass is 16.4. The van der Waals surface area contributed by atoms with Crippen LogP contribution < -0.4 is 5.32 Å². The monoisotopic (exact) mass is 197 g/mol. The van der Waals surface area contributed by atoms with Crippen LogP contribution in [0, 0.1) is 17.8 Å². The second-order valence-electron chi connectivity index (χ2n) is 4.30. The van der Waals surface area contributed by atoms with Gasteiger partial charge in [0.2, 0.25) is 5.91 Å². The Morgan fingerprint density at radius 1 is 1.36 bits per heavy atom. The van der Waals surface area contributed by atoms with E-state index >= 15 is 0 Å². The van der Waals surface area contributed by atoms with Crippen LogP contribution in [0.25, 0.3) is 0 Å². The predicted octanol–water partition coefficient (Wildman–Crippen LogP) is 0.623. The second-order valence-corrected chi connectivity index (χ2v) is 4.30. The maximum absolute atomic E-state index is 11.1. The van der Waals surface area contributed by atoms with Gasteiger partial charge >= 0.3 is 5.97 Å². The molecule has 2 rings (SSSR count). The minimum absolute atomic E-state index is 0.00755. The molecule has 2 atom stereocenters. The fourth-order valence-corrected chi connectivity index (χ4v) is 2.36. The highest BCUT2D eigenvalue weighted by molar-refractivity contribution is 5.79. The molecule has 0 radical (unpaired) electrons. The van der Waals surface area contributed by atoms with E-state index in [1.165, 1.54) is 0 Å². The molecular weight excluding hydrogens is 182 g/mol. The second kappa shape index (κ2) is 3.59. The fraction of sp³-hybridized carbons (Fsp3) is 0.800. The van der Waals surface area contributed by atoms with Gasteiger partial charge in [0.15, 0.2) is 0 Å². The average Bonchev–Trinajstić information content (AvgIpc) is 2.88. The van der Waals surface area contributed by atoms with Crippen LogP contribution in [0.15, 0.2) is 0 Å². The Morgan fingerprint density at radius 3 is 2.57 bits per heavy atom. The number of hydrogen-bond acceptors (Lipinski definition) is 2. The van der Waals surface area contributed by atoms with Crippen LogP contribution in [0.5, 0.6) is 0 Å². The van der Waals surface area contributed by atoms with Crippen molar-refractivity contribution in [2.45, 2.75) is 25.7 Å². The van der Waals surface area contributed by atoms with E-state index in [1.54, 1.807) is 0 Å². The van der Waals surface area contributed by atoms with Gasteiger partial charge in [0.25, 0.3) is 0 Å². The van der Waals surface area contributed by atoms with Gasteiger partial charge in [0, 0.05) is 13.0 Å². The van der Waals surface area contributed by atoms with Crippen molar-refractivity contribution < 1.29 is 14.7 Å². The van der Waals surface area contributed by atoms with E-state index in [4.69, 9.17) is 5.11 Å². The SMILES string of the molecule is O=C1CC(C(C(=O)O)C2CC2)CCN1.